The molecule has 0 saturated heterocycles. The Morgan fingerprint density at radius 3 is 2.75 bits per heavy atom. The van der Waals surface area contributed by atoms with Crippen molar-refractivity contribution in [3.63, 3.8) is 0 Å². The third-order valence-electron chi connectivity index (χ3n) is 3.53. The van der Waals surface area contributed by atoms with Crippen LogP contribution in [-0.4, -0.2) is 24.1 Å². The number of pyridine rings is 1. The number of hydrogen-bond donors (Lipinski definition) is 3. The molecule has 2 heterocycles. The van der Waals surface area contributed by atoms with Crippen LogP contribution in [0.4, 0.5) is 30.4 Å². The fraction of sp³-hybridized carbons (Fsp3) is 0.188. The van der Waals surface area contributed by atoms with Gasteiger partial charge in [0.15, 0.2) is 0 Å². The quantitative estimate of drug-likeness (QED) is 0.669. The predicted octanol–water partition coefficient (Wildman–Crippen LogP) is 4.18. The number of H-pyrrole nitrogens is 1. The summed E-state index contributed by atoms with van der Waals surface area (Å²) in [4.78, 5) is 6.79. The number of methoxy groups -OCH3 is 1. The first-order valence-corrected chi connectivity index (χ1v) is 7.02. The number of hydrogen-bond acceptors (Lipinski definition) is 4. The first-order chi connectivity index (χ1) is 11.4. The highest BCUT2D eigenvalue weighted by molar-refractivity contribution is 5.95. The van der Waals surface area contributed by atoms with Crippen molar-refractivity contribution < 1.29 is 17.9 Å². The van der Waals surface area contributed by atoms with Gasteiger partial charge in [0.05, 0.1) is 23.7 Å². The Bertz CT molecular complexity index is 873. The lowest BCUT2D eigenvalue weighted by Gasteiger charge is -2.13. The highest BCUT2D eigenvalue weighted by Gasteiger charge is 2.35. The van der Waals surface area contributed by atoms with Gasteiger partial charge in [-0.05, 0) is 18.2 Å². The summed E-state index contributed by atoms with van der Waals surface area (Å²) in [5, 5.41) is 5.83. The zero-order chi connectivity index (χ0) is 17.3. The predicted molar refractivity (Wildman–Crippen MR) is 85.8 cm³/mol. The molecule has 0 fully saturated rings. The molecule has 0 bridgehead atoms. The summed E-state index contributed by atoms with van der Waals surface area (Å²) in [6, 6.07) is 9.47. The molecule has 125 valence electrons. The molecular formula is C16H14F3N4O. The van der Waals surface area contributed by atoms with Crippen molar-refractivity contribution >= 4 is 28.2 Å². The highest BCUT2D eigenvalue weighted by atomic mass is 19.4. The number of fused-ring (bicyclic) bond motifs is 1. The van der Waals surface area contributed by atoms with E-state index in [0.29, 0.717) is 22.9 Å². The van der Waals surface area contributed by atoms with Crippen LogP contribution in [-0.2, 0) is 6.18 Å². The van der Waals surface area contributed by atoms with Gasteiger partial charge in [0, 0.05) is 25.0 Å². The monoisotopic (exact) mass is 335 g/mol. The topological polar surface area (TPSA) is 62.0 Å². The maximum Gasteiger partial charge on any atom is 0.418 e. The Hall–Kier alpha value is -2.90. The Morgan fingerprint density at radius 2 is 2.08 bits per heavy atom. The van der Waals surface area contributed by atoms with Gasteiger partial charge in [-0.3, -0.25) is 0 Å². The van der Waals surface area contributed by atoms with E-state index in [2.05, 4.69) is 26.7 Å². The lowest BCUT2D eigenvalue weighted by atomic mass is 10.1. The lowest BCUT2D eigenvalue weighted by molar-refractivity contribution is -0.136. The molecule has 0 amide bonds. The third kappa shape index (κ3) is 2.82. The van der Waals surface area contributed by atoms with Crippen molar-refractivity contribution in [3.05, 3.63) is 42.1 Å². The Balaban J connectivity index is 2.08. The molecule has 3 N–H and O–H groups in total. The number of nitrogens with one attached hydrogen (secondary N) is 3. The minimum Gasteiger partial charge on any atom is -0.495 e. The van der Waals surface area contributed by atoms with Crippen LogP contribution in [0, 0.1) is 6.07 Å². The van der Waals surface area contributed by atoms with E-state index in [1.807, 2.05) is 0 Å². The summed E-state index contributed by atoms with van der Waals surface area (Å²) in [7, 11) is 3.08. The van der Waals surface area contributed by atoms with Crippen LogP contribution in [0.15, 0.2) is 30.5 Å². The van der Waals surface area contributed by atoms with E-state index in [4.69, 9.17) is 4.74 Å². The van der Waals surface area contributed by atoms with Crippen LogP contribution in [0.3, 0.4) is 0 Å². The van der Waals surface area contributed by atoms with Crippen molar-refractivity contribution in [2.75, 3.05) is 24.8 Å². The number of rotatable bonds is 4. The number of benzene rings is 1. The van der Waals surface area contributed by atoms with Gasteiger partial charge in [0.1, 0.15) is 17.2 Å². The van der Waals surface area contributed by atoms with E-state index < -0.39 is 11.7 Å². The number of alkyl halides is 3. The molecule has 8 heteroatoms. The van der Waals surface area contributed by atoms with Crippen molar-refractivity contribution in [3.8, 4) is 5.75 Å². The van der Waals surface area contributed by atoms with Gasteiger partial charge in [-0.1, -0.05) is 6.07 Å². The smallest absolute Gasteiger partial charge is 0.418 e. The number of aromatic amines is 1. The average molecular weight is 335 g/mol. The summed E-state index contributed by atoms with van der Waals surface area (Å²) < 4.78 is 44.5. The molecule has 0 spiro atoms. The Morgan fingerprint density at radius 1 is 1.29 bits per heavy atom. The van der Waals surface area contributed by atoms with Gasteiger partial charge < -0.3 is 20.4 Å². The number of ether oxygens (including phenoxy) is 1. The minimum atomic E-state index is -4.46. The second-order valence-corrected chi connectivity index (χ2v) is 4.98. The molecule has 0 aliphatic rings. The van der Waals surface area contributed by atoms with E-state index in [-0.39, 0.29) is 11.0 Å². The molecule has 0 unspecified atom stereocenters. The number of anilines is 3. The molecule has 0 saturated carbocycles. The van der Waals surface area contributed by atoms with Crippen LogP contribution in [0.1, 0.15) is 5.56 Å². The molecule has 5 nitrogen and oxygen atoms in total. The summed E-state index contributed by atoms with van der Waals surface area (Å²) in [5.74, 6) is 0.930. The SMILES string of the molecule is CNc1cc(Nc2cc[c]cc2OC)nc2[nH]cc(C(F)(F)F)c12. The van der Waals surface area contributed by atoms with Crippen LogP contribution >= 0.6 is 0 Å². The molecule has 3 rings (SSSR count). The van der Waals surface area contributed by atoms with E-state index >= 15 is 0 Å². The summed E-state index contributed by atoms with van der Waals surface area (Å²) >= 11 is 0. The average Bonchev–Trinajstić information content (AvgIpc) is 2.98. The second kappa shape index (κ2) is 5.95. The second-order valence-electron chi connectivity index (χ2n) is 4.98. The number of nitrogens with zero attached hydrogens (tertiary/aromatic N) is 1. The summed E-state index contributed by atoms with van der Waals surface area (Å²) in [6.45, 7) is 0. The minimum absolute atomic E-state index is 0.00362. The molecule has 0 aliphatic heterocycles. The van der Waals surface area contributed by atoms with Crippen LogP contribution in [0.5, 0.6) is 5.75 Å². The first-order valence-electron chi connectivity index (χ1n) is 7.02. The maximum absolute atomic E-state index is 13.1. The van der Waals surface area contributed by atoms with Gasteiger partial charge >= 0.3 is 6.18 Å². The van der Waals surface area contributed by atoms with Gasteiger partial charge in [-0.25, -0.2) is 4.98 Å². The van der Waals surface area contributed by atoms with Crippen molar-refractivity contribution in [1.29, 1.82) is 0 Å². The van der Waals surface area contributed by atoms with Gasteiger partial charge in [0.2, 0.25) is 0 Å². The Kier molecular flexibility index (Phi) is 3.96. The molecule has 3 aromatic rings. The van der Waals surface area contributed by atoms with Crippen LogP contribution < -0.4 is 15.4 Å². The zero-order valence-corrected chi connectivity index (χ0v) is 12.9. The molecule has 1 aromatic carbocycles. The van der Waals surface area contributed by atoms with Crippen LogP contribution in [0.2, 0.25) is 0 Å². The van der Waals surface area contributed by atoms with Crippen molar-refractivity contribution in [1.82, 2.24) is 9.97 Å². The van der Waals surface area contributed by atoms with Gasteiger partial charge in [0.25, 0.3) is 0 Å². The van der Waals surface area contributed by atoms with Crippen LogP contribution in [0.25, 0.3) is 11.0 Å². The lowest BCUT2D eigenvalue weighted by Crippen LogP contribution is -2.05. The van der Waals surface area contributed by atoms with E-state index in [0.717, 1.165) is 6.20 Å². The standard InChI is InChI=1S/C16H14F3N4O/c1-20-11-7-13(22-10-5-3-4-6-12(10)24-2)23-15-14(11)9(8-21-15)16(17,18)19/h3,5-8H,1-2H3,(H3,20,21,22,23). The molecule has 0 aliphatic carbocycles. The van der Waals surface area contributed by atoms with Gasteiger partial charge in [-0.15, -0.1) is 0 Å². The zero-order valence-electron chi connectivity index (χ0n) is 12.9. The third-order valence-corrected chi connectivity index (χ3v) is 3.53. The van der Waals surface area contributed by atoms with E-state index in [1.54, 1.807) is 25.2 Å². The molecule has 1 radical (unpaired) electrons. The number of halogens is 3. The summed E-state index contributed by atoms with van der Waals surface area (Å²) in [5.41, 5.74) is 0.330. The summed E-state index contributed by atoms with van der Waals surface area (Å²) in [6.07, 6.45) is -3.54. The maximum atomic E-state index is 13.1. The normalized spacial score (nSPS) is 11.5. The van der Waals surface area contributed by atoms with Crippen molar-refractivity contribution in [2.24, 2.45) is 0 Å². The fourth-order valence-corrected chi connectivity index (χ4v) is 2.44. The van der Waals surface area contributed by atoms with E-state index in [9.17, 15) is 13.2 Å². The van der Waals surface area contributed by atoms with E-state index in [1.165, 1.54) is 13.2 Å². The van der Waals surface area contributed by atoms with Gasteiger partial charge in [-0.2, -0.15) is 13.2 Å². The largest absolute Gasteiger partial charge is 0.495 e. The fourth-order valence-electron chi connectivity index (χ4n) is 2.44. The Labute approximate surface area is 135 Å². The molecule has 2 aromatic heterocycles. The molecule has 24 heavy (non-hydrogen) atoms. The first kappa shape index (κ1) is 16.0. The number of aromatic nitrogens is 2. The highest BCUT2D eigenvalue weighted by Crippen LogP contribution is 2.39. The molecular weight excluding hydrogens is 321 g/mol. The van der Waals surface area contributed by atoms with Crippen molar-refractivity contribution in [2.45, 2.75) is 6.18 Å². The molecule has 0 atom stereocenters.